The van der Waals surface area contributed by atoms with E-state index in [9.17, 15) is 17.5 Å². The van der Waals surface area contributed by atoms with Crippen LogP contribution in [0, 0.1) is 0 Å². The largest absolute Gasteiger partial charge is 0.702 e. The molecule has 37 heavy (non-hydrogen) atoms. The molecule has 15 heteroatoms. The van der Waals surface area contributed by atoms with Gasteiger partial charge in [-0.1, -0.05) is 0 Å². The van der Waals surface area contributed by atoms with E-state index in [1.165, 1.54) is 48.8 Å². The van der Waals surface area contributed by atoms with Gasteiger partial charge in [0.25, 0.3) is 31.7 Å². The van der Waals surface area contributed by atoms with E-state index in [0.717, 1.165) is 0 Å². The van der Waals surface area contributed by atoms with Crippen molar-refractivity contribution in [3.63, 3.8) is 0 Å². The number of pyridine rings is 2. The van der Waals surface area contributed by atoms with Crippen molar-refractivity contribution in [3.05, 3.63) is 60.9 Å². The van der Waals surface area contributed by atoms with Gasteiger partial charge in [0.1, 0.15) is 23.0 Å². The van der Waals surface area contributed by atoms with Crippen molar-refractivity contribution in [2.24, 2.45) is 0 Å². The third-order valence-corrected chi connectivity index (χ3v) is 5.84. The average molecular weight is 594 g/mol. The second-order valence-electron chi connectivity index (χ2n) is 6.68. The minimum atomic E-state index is -4.27. The van der Waals surface area contributed by atoms with E-state index in [-0.39, 0.29) is 64.8 Å². The smallest absolute Gasteiger partial charge is 0.280 e. The molecule has 12 nitrogen and oxygen atoms in total. The monoisotopic (exact) mass is 594 g/mol. The summed E-state index contributed by atoms with van der Waals surface area (Å²) < 4.78 is 62.0. The van der Waals surface area contributed by atoms with Crippen molar-refractivity contribution >= 4 is 42.0 Å². The quantitative estimate of drug-likeness (QED) is 0.185. The number of rotatable bonds is 2. The molecule has 0 aliphatic heterocycles. The molecule has 0 aliphatic carbocycles. The van der Waals surface area contributed by atoms with Gasteiger partial charge in [0.2, 0.25) is 0 Å². The number of fused-ring (bicyclic) bond motifs is 2. The molecule has 2 heterocycles. The molecular weight excluding hydrogens is 564 g/mol. The van der Waals surface area contributed by atoms with Crippen LogP contribution in [0.15, 0.2) is 70.7 Å². The Kier molecular flexibility index (Phi) is 14.4. The molecule has 0 fully saturated rings. The Hall–Kier alpha value is -2.69. The number of nitrogens with zero attached hydrogens (tertiary/aromatic N) is 2. The Bertz CT molecular complexity index is 1400. The third-order valence-electron chi connectivity index (χ3n) is 4.02. The van der Waals surface area contributed by atoms with Crippen LogP contribution in [-0.4, -0.2) is 69.5 Å². The topological polar surface area (TPSA) is 240 Å². The standard InChI is InChI=1S/2C9H7NO4S.2C2H6O.Ti/c2*11-7-3-4-8(15(12,13)14)6-2-1-5-10-9(6)7;2*1-2-3;/h2*1-5,11H,(H,12,13,14);2*3H,2H2,1H3;/p+4. The van der Waals surface area contributed by atoms with Gasteiger partial charge in [0.05, 0.1) is 0 Å². The normalized spacial score (nSPS) is 13.1. The number of aromatic nitrogens is 2. The van der Waals surface area contributed by atoms with E-state index >= 15 is 0 Å². The first-order valence-electron chi connectivity index (χ1n) is 10.3. The minimum Gasteiger partial charge on any atom is -0.702 e. The molecule has 0 saturated carbocycles. The Morgan fingerprint density at radius 2 is 1.03 bits per heavy atom. The molecule has 2 aromatic heterocycles. The van der Waals surface area contributed by atoms with Gasteiger partial charge in [-0.3, -0.25) is 0 Å². The summed E-state index contributed by atoms with van der Waals surface area (Å²) in [5.41, 5.74) is 0.514. The molecule has 0 spiro atoms. The zero-order chi connectivity index (χ0) is 27.5. The second-order valence-corrected chi connectivity index (χ2v) is 9.46. The van der Waals surface area contributed by atoms with Gasteiger partial charge in [-0.15, -0.1) is 0 Å². The molecular formula is C22H30N2O10S2Ti+4. The number of hydrogen-bond acceptors (Lipinski definition) is 6. The van der Waals surface area contributed by atoms with Crippen LogP contribution in [0.1, 0.15) is 13.8 Å². The molecule has 4 aromatic rings. The van der Waals surface area contributed by atoms with E-state index in [0.29, 0.717) is 13.2 Å². The maximum atomic E-state index is 11.0. The summed E-state index contributed by atoms with van der Waals surface area (Å²) in [4.78, 5) is 7.34. The summed E-state index contributed by atoms with van der Waals surface area (Å²) >= 11 is 0. The molecule has 0 amide bonds. The first kappa shape index (κ1) is 34.3. The summed E-state index contributed by atoms with van der Waals surface area (Å²) in [5, 5.41) is 28.0. The van der Waals surface area contributed by atoms with Crippen molar-refractivity contribution in [2.75, 3.05) is 13.2 Å². The predicted molar refractivity (Wildman–Crippen MR) is 136 cm³/mol. The van der Waals surface area contributed by atoms with E-state index in [4.69, 9.17) is 28.8 Å². The summed E-state index contributed by atoms with van der Waals surface area (Å²) in [6.07, 6.45) is 2.93. The molecule has 0 radical (unpaired) electrons. The van der Waals surface area contributed by atoms with Gasteiger partial charge < -0.3 is 29.5 Å². The molecule has 0 aliphatic rings. The molecule has 4 rings (SSSR count). The van der Waals surface area contributed by atoms with Gasteiger partial charge in [0, 0.05) is 70.9 Å². The molecule has 0 bridgehead atoms. The van der Waals surface area contributed by atoms with E-state index in [2.05, 4.69) is 9.97 Å². The van der Waals surface area contributed by atoms with Crippen LogP contribution in [0.3, 0.4) is 0 Å². The van der Waals surface area contributed by atoms with Crippen LogP contribution in [0.2, 0.25) is 0 Å². The Morgan fingerprint density at radius 1 is 0.730 bits per heavy atom. The van der Waals surface area contributed by atoms with Crippen LogP contribution in [-0.2, 0) is 42.0 Å². The Balaban J connectivity index is 0.000000566. The van der Waals surface area contributed by atoms with E-state index < -0.39 is 20.2 Å². The van der Waals surface area contributed by atoms with Crippen LogP contribution >= 0.6 is 0 Å². The number of hydrogen-bond donors (Lipinski definition) is 0. The van der Waals surface area contributed by atoms with Crippen LogP contribution in [0.4, 0.5) is 0 Å². The maximum Gasteiger partial charge on any atom is 0.280 e. The summed E-state index contributed by atoms with van der Waals surface area (Å²) in [6.45, 7) is 4.58. The molecule has 2 atom stereocenters. The predicted octanol–water partition coefficient (Wildman–Crippen LogP) is 0.927. The molecule has 200 valence electrons. The third kappa shape index (κ3) is 9.94. The fraction of sp³-hybridized carbons (Fsp3) is 0.182. The summed E-state index contributed by atoms with van der Waals surface area (Å²) in [6, 6.07) is 11.1. The molecule has 2 unspecified atom stereocenters. The zero-order valence-corrected chi connectivity index (χ0v) is 23.1. The van der Waals surface area contributed by atoms with E-state index in [1.807, 2.05) is 0 Å². The van der Waals surface area contributed by atoms with Crippen molar-refractivity contribution in [1.82, 2.24) is 9.97 Å². The first-order valence-corrected chi connectivity index (χ1v) is 13.1. The second kappa shape index (κ2) is 15.5. The SMILES string of the molecule is CC[OH2+].CC[OH2+].O=S([O-])(=[OH+])c1ccc([OH2+])c2ncccc12.O=S([O-])(=[OH+])c1ccc([OH2+])c2ncccc12.[Ti]. The van der Waals surface area contributed by atoms with Crippen molar-refractivity contribution in [3.8, 4) is 11.5 Å². The maximum absolute atomic E-state index is 11.0. The fourth-order valence-corrected chi connectivity index (χ4v) is 4.11. The van der Waals surface area contributed by atoms with Gasteiger partial charge in [-0.2, -0.15) is 8.42 Å². The number of benzene rings is 2. The van der Waals surface area contributed by atoms with Gasteiger partial charge >= 0.3 is 0 Å². The summed E-state index contributed by atoms with van der Waals surface area (Å²) in [7, 11) is -8.54. The summed E-state index contributed by atoms with van der Waals surface area (Å²) in [5.74, 6) is 0.246. The van der Waals surface area contributed by atoms with Gasteiger partial charge in [-0.25, -0.2) is 18.4 Å². The van der Waals surface area contributed by atoms with Crippen molar-refractivity contribution in [2.45, 2.75) is 23.6 Å². The zero-order valence-electron chi connectivity index (χ0n) is 19.9. The van der Waals surface area contributed by atoms with Gasteiger partial charge in [0.15, 0.2) is 11.0 Å². The van der Waals surface area contributed by atoms with Crippen molar-refractivity contribution in [1.29, 1.82) is 0 Å². The Morgan fingerprint density at radius 3 is 1.30 bits per heavy atom. The first-order chi connectivity index (χ1) is 16.8. The molecule has 2 aromatic carbocycles. The molecule has 0 saturated heterocycles. The van der Waals surface area contributed by atoms with Crippen LogP contribution < -0.4 is 0 Å². The van der Waals surface area contributed by atoms with Crippen LogP contribution in [0.25, 0.3) is 21.8 Å². The average Bonchev–Trinajstić information content (AvgIpc) is 2.80. The molecule has 10 N–H and O–H groups in total. The van der Waals surface area contributed by atoms with Crippen molar-refractivity contribution < 1.29 is 68.1 Å². The Labute approximate surface area is 228 Å². The minimum absolute atomic E-state index is 0. The van der Waals surface area contributed by atoms with Crippen LogP contribution in [0.5, 0.6) is 11.5 Å². The fourth-order valence-electron chi connectivity index (χ4n) is 2.74. The van der Waals surface area contributed by atoms with Gasteiger partial charge in [-0.05, 0) is 36.4 Å². The van der Waals surface area contributed by atoms with E-state index in [1.54, 1.807) is 26.0 Å².